The van der Waals surface area contributed by atoms with Gasteiger partial charge in [-0.1, -0.05) is 30.9 Å². The molecule has 1 fully saturated rings. The fourth-order valence-corrected chi connectivity index (χ4v) is 2.95. The molecule has 1 aromatic heterocycles. The summed E-state index contributed by atoms with van der Waals surface area (Å²) in [5.74, 6) is 0.606. The maximum atomic E-state index is 5.95. The van der Waals surface area contributed by atoms with Gasteiger partial charge in [0.15, 0.2) is 0 Å². The van der Waals surface area contributed by atoms with Crippen LogP contribution in [-0.2, 0) is 6.61 Å². The average molecular weight is 306 g/mol. The SMILES string of the molecule is Nc1ccc(Cl)cc1OCc1ccn(C2CCCCC2)n1. The highest BCUT2D eigenvalue weighted by Crippen LogP contribution is 2.28. The minimum atomic E-state index is 0.407. The molecule has 0 unspecified atom stereocenters. The van der Waals surface area contributed by atoms with E-state index in [1.165, 1.54) is 32.1 Å². The molecule has 112 valence electrons. The first-order valence-electron chi connectivity index (χ1n) is 7.44. The number of anilines is 1. The van der Waals surface area contributed by atoms with Crippen LogP contribution in [0.25, 0.3) is 0 Å². The molecule has 0 aliphatic heterocycles. The monoisotopic (exact) mass is 305 g/mol. The Kier molecular flexibility index (Phi) is 4.34. The molecule has 0 bridgehead atoms. The van der Waals surface area contributed by atoms with Gasteiger partial charge in [-0.15, -0.1) is 0 Å². The minimum absolute atomic E-state index is 0.407. The van der Waals surface area contributed by atoms with E-state index >= 15 is 0 Å². The Morgan fingerprint density at radius 2 is 2.05 bits per heavy atom. The topological polar surface area (TPSA) is 53.1 Å². The molecular formula is C16H20ClN3O. The van der Waals surface area contributed by atoms with Gasteiger partial charge in [-0.3, -0.25) is 4.68 Å². The van der Waals surface area contributed by atoms with Crippen LogP contribution < -0.4 is 10.5 Å². The first-order chi connectivity index (χ1) is 10.2. The zero-order valence-electron chi connectivity index (χ0n) is 12.0. The van der Waals surface area contributed by atoms with Crippen molar-refractivity contribution in [1.82, 2.24) is 9.78 Å². The summed E-state index contributed by atoms with van der Waals surface area (Å²) in [6.45, 7) is 0.407. The van der Waals surface area contributed by atoms with Gasteiger partial charge in [0.2, 0.25) is 0 Å². The number of nitrogens with zero attached hydrogens (tertiary/aromatic N) is 2. The Morgan fingerprint density at radius 1 is 1.24 bits per heavy atom. The molecule has 0 atom stereocenters. The predicted molar refractivity (Wildman–Crippen MR) is 84.5 cm³/mol. The number of nitrogen functional groups attached to an aromatic ring is 1. The smallest absolute Gasteiger partial charge is 0.144 e. The first kappa shape index (κ1) is 14.3. The first-order valence-corrected chi connectivity index (χ1v) is 7.82. The van der Waals surface area contributed by atoms with Crippen molar-refractivity contribution >= 4 is 17.3 Å². The molecule has 1 heterocycles. The third-order valence-electron chi connectivity index (χ3n) is 3.96. The van der Waals surface area contributed by atoms with Crippen LogP contribution in [0.1, 0.15) is 43.8 Å². The van der Waals surface area contributed by atoms with Crippen LogP contribution in [0.3, 0.4) is 0 Å². The van der Waals surface area contributed by atoms with E-state index < -0.39 is 0 Å². The van der Waals surface area contributed by atoms with E-state index in [-0.39, 0.29) is 0 Å². The fourth-order valence-electron chi connectivity index (χ4n) is 2.79. The average Bonchev–Trinajstić information content (AvgIpc) is 2.98. The van der Waals surface area contributed by atoms with Crippen molar-refractivity contribution in [3.63, 3.8) is 0 Å². The van der Waals surface area contributed by atoms with E-state index in [9.17, 15) is 0 Å². The molecule has 1 aliphatic rings. The maximum absolute atomic E-state index is 5.95. The summed E-state index contributed by atoms with van der Waals surface area (Å²) in [4.78, 5) is 0. The maximum Gasteiger partial charge on any atom is 0.144 e. The van der Waals surface area contributed by atoms with E-state index in [1.807, 2.05) is 6.07 Å². The Morgan fingerprint density at radius 3 is 2.86 bits per heavy atom. The van der Waals surface area contributed by atoms with E-state index in [1.54, 1.807) is 18.2 Å². The highest BCUT2D eigenvalue weighted by molar-refractivity contribution is 6.30. The number of rotatable bonds is 4. The number of nitrogens with two attached hydrogens (primary N) is 1. The van der Waals surface area contributed by atoms with E-state index in [0.717, 1.165) is 5.69 Å². The van der Waals surface area contributed by atoms with Crippen molar-refractivity contribution < 1.29 is 4.74 Å². The zero-order valence-corrected chi connectivity index (χ0v) is 12.7. The second-order valence-electron chi connectivity index (χ2n) is 5.55. The summed E-state index contributed by atoms with van der Waals surface area (Å²) < 4.78 is 7.80. The molecule has 1 saturated carbocycles. The molecule has 0 amide bonds. The summed E-state index contributed by atoms with van der Waals surface area (Å²) in [6, 6.07) is 7.79. The second-order valence-corrected chi connectivity index (χ2v) is 5.99. The summed E-state index contributed by atoms with van der Waals surface area (Å²) in [7, 11) is 0. The lowest BCUT2D eigenvalue weighted by Crippen LogP contribution is -2.13. The summed E-state index contributed by atoms with van der Waals surface area (Å²) >= 11 is 5.95. The molecule has 1 aliphatic carbocycles. The highest BCUT2D eigenvalue weighted by Gasteiger charge is 2.16. The molecule has 3 rings (SSSR count). The molecule has 21 heavy (non-hydrogen) atoms. The molecular weight excluding hydrogens is 286 g/mol. The van der Waals surface area contributed by atoms with E-state index in [4.69, 9.17) is 22.1 Å². The standard InChI is InChI=1S/C16H20ClN3O/c17-12-6-7-15(18)16(10-12)21-11-13-8-9-20(19-13)14-4-2-1-3-5-14/h6-10,14H,1-5,11,18H2. The number of aromatic nitrogens is 2. The molecule has 2 N–H and O–H groups in total. The van der Waals surface area contributed by atoms with Gasteiger partial charge in [0.25, 0.3) is 0 Å². The molecule has 2 aromatic rings. The Hall–Kier alpha value is -1.68. The van der Waals surface area contributed by atoms with Crippen LogP contribution in [0.5, 0.6) is 5.75 Å². The molecule has 0 radical (unpaired) electrons. The van der Waals surface area contributed by atoms with Gasteiger partial charge < -0.3 is 10.5 Å². The molecule has 0 spiro atoms. The second kappa shape index (κ2) is 6.39. The van der Waals surface area contributed by atoms with Crippen molar-refractivity contribution in [2.45, 2.75) is 44.8 Å². The highest BCUT2D eigenvalue weighted by atomic mass is 35.5. The third-order valence-corrected chi connectivity index (χ3v) is 4.20. The van der Waals surface area contributed by atoms with Crippen LogP contribution in [0.15, 0.2) is 30.5 Å². The van der Waals surface area contributed by atoms with Gasteiger partial charge in [0.05, 0.1) is 17.4 Å². The molecule has 5 heteroatoms. The predicted octanol–water partition coefficient (Wildman–Crippen LogP) is 4.20. The summed E-state index contributed by atoms with van der Waals surface area (Å²) in [5.41, 5.74) is 7.37. The van der Waals surface area contributed by atoms with Gasteiger partial charge >= 0.3 is 0 Å². The van der Waals surface area contributed by atoms with Crippen molar-refractivity contribution in [3.8, 4) is 5.75 Å². The lowest BCUT2D eigenvalue weighted by Gasteiger charge is -2.21. The molecule has 1 aromatic carbocycles. The van der Waals surface area contributed by atoms with Gasteiger partial charge in [-0.05, 0) is 31.0 Å². The number of benzene rings is 1. The van der Waals surface area contributed by atoms with Crippen molar-refractivity contribution in [1.29, 1.82) is 0 Å². The van der Waals surface area contributed by atoms with Gasteiger partial charge in [0.1, 0.15) is 12.4 Å². The van der Waals surface area contributed by atoms with Gasteiger partial charge in [0, 0.05) is 17.3 Å². The van der Waals surface area contributed by atoms with Gasteiger partial charge in [-0.2, -0.15) is 5.10 Å². The Labute approximate surface area is 129 Å². The third kappa shape index (κ3) is 3.50. The number of halogens is 1. The fraction of sp³-hybridized carbons (Fsp3) is 0.438. The zero-order chi connectivity index (χ0) is 14.7. The van der Waals surface area contributed by atoms with E-state index in [0.29, 0.717) is 29.1 Å². The molecule has 4 nitrogen and oxygen atoms in total. The van der Waals surface area contributed by atoms with Crippen molar-refractivity contribution in [3.05, 3.63) is 41.2 Å². The quantitative estimate of drug-likeness (QED) is 0.861. The van der Waals surface area contributed by atoms with Crippen LogP contribution >= 0.6 is 11.6 Å². The summed E-state index contributed by atoms with van der Waals surface area (Å²) in [5, 5.41) is 5.24. The van der Waals surface area contributed by atoms with Crippen LogP contribution in [-0.4, -0.2) is 9.78 Å². The van der Waals surface area contributed by atoms with Crippen molar-refractivity contribution in [2.75, 3.05) is 5.73 Å². The number of hydrogen-bond acceptors (Lipinski definition) is 3. The molecule has 0 saturated heterocycles. The Bertz CT molecular complexity index is 605. The van der Waals surface area contributed by atoms with Crippen molar-refractivity contribution in [2.24, 2.45) is 0 Å². The summed E-state index contributed by atoms with van der Waals surface area (Å²) in [6.07, 6.45) is 8.45. The normalized spacial score (nSPS) is 16.0. The largest absolute Gasteiger partial charge is 0.485 e. The number of hydrogen-bond donors (Lipinski definition) is 1. The van der Waals surface area contributed by atoms with E-state index in [2.05, 4.69) is 16.0 Å². The van der Waals surface area contributed by atoms with Crippen LogP contribution in [0.2, 0.25) is 5.02 Å². The van der Waals surface area contributed by atoms with Gasteiger partial charge in [-0.25, -0.2) is 0 Å². The lowest BCUT2D eigenvalue weighted by molar-refractivity contribution is 0.292. The minimum Gasteiger partial charge on any atom is -0.485 e. The Balaban J connectivity index is 1.63. The lowest BCUT2D eigenvalue weighted by atomic mass is 9.96. The van der Waals surface area contributed by atoms with Crippen LogP contribution in [0, 0.1) is 0 Å². The number of ether oxygens (including phenoxy) is 1. The van der Waals surface area contributed by atoms with Crippen LogP contribution in [0.4, 0.5) is 5.69 Å².